The van der Waals surface area contributed by atoms with Crippen molar-refractivity contribution in [3.05, 3.63) is 64.7 Å². The lowest BCUT2D eigenvalue weighted by molar-refractivity contribution is 0.102. The monoisotopic (exact) mass is 412 g/mol. The second-order valence-corrected chi connectivity index (χ2v) is 7.95. The van der Waals surface area contributed by atoms with Crippen molar-refractivity contribution < 1.29 is 9.59 Å². The summed E-state index contributed by atoms with van der Waals surface area (Å²) in [6, 6.07) is 14.7. The number of urea groups is 1. The quantitative estimate of drug-likeness (QED) is 0.492. The van der Waals surface area contributed by atoms with Crippen molar-refractivity contribution in [2.45, 2.75) is 18.7 Å². The van der Waals surface area contributed by atoms with Gasteiger partial charge in [0.15, 0.2) is 5.13 Å². The Morgan fingerprint density at radius 3 is 2.39 bits per heavy atom. The second-order valence-electron chi connectivity index (χ2n) is 6.07. The van der Waals surface area contributed by atoms with Crippen molar-refractivity contribution in [3.63, 3.8) is 0 Å². The number of benzene rings is 2. The molecule has 6 nitrogen and oxygen atoms in total. The molecule has 1 aromatic heterocycles. The molecule has 0 unspecified atom stereocenters. The number of thioether (sulfide) groups is 1. The lowest BCUT2D eigenvalue weighted by Gasteiger charge is -2.06. The van der Waals surface area contributed by atoms with Crippen molar-refractivity contribution in [1.29, 1.82) is 0 Å². The number of rotatable bonds is 5. The first-order valence-electron chi connectivity index (χ1n) is 8.52. The molecule has 0 bridgehead atoms. The molecule has 0 spiro atoms. The standard InChI is InChI=1S/C20H20N4O2S2/c1-12-6-4-7-14(10-12)23-19(26)24-20-21-13(2)17(28-20)18(25)22-15-8-5-9-16(11-15)27-3/h4-11H,1-3H3,(H,22,25)(H2,21,23,24,26). The minimum atomic E-state index is -0.404. The average molecular weight is 413 g/mol. The third kappa shape index (κ3) is 5.11. The van der Waals surface area contributed by atoms with Gasteiger partial charge in [0.2, 0.25) is 0 Å². The molecule has 8 heteroatoms. The molecule has 144 valence electrons. The van der Waals surface area contributed by atoms with E-state index < -0.39 is 6.03 Å². The van der Waals surface area contributed by atoms with Gasteiger partial charge < -0.3 is 10.6 Å². The van der Waals surface area contributed by atoms with Crippen LogP contribution in [-0.2, 0) is 0 Å². The van der Waals surface area contributed by atoms with Crippen LogP contribution >= 0.6 is 23.1 Å². The van der Waals surface area contributed by atoms with Crippen LogP contribution in [0.25, 0.3) is 0 Å². The zero-order valence-corrected chi connectivity index (χ0v) is 17.3. The Labute approximate surface area is 171 Å². The van der Waals surface area contributed by atoms with Gasteiger partial charge in [0, 0.05) is 16.3 Å². The number of hydrogen-bond acceptors (Lipinski definition) is 5. The van der Waals surface area contributed by atoms with Gasteiger partial charge in [0.1, 0.15) is 4.88 Å². The number of aromatic nitrogens is 1. The fraction of sp³-hybridized carbons (Fsp3) is 0.150. The van der Waals surface area contributed by atoms with Gasteiger partial charge in [-0.15, -0.1) is 11.8 Å². The molecule has 3 N–H and O–H groups in total. The number of amides is 3. The van der Waals surface area contributed by atoms with E-state index in [1.807, 2.05) is 55.6 Å². The van der Waals surface area contributed by atoms with Crippen LogP contribution in [0, 0.1) is 13.8 Å². The Bertz CT molecular complexity index is 1020. The van der Waals surface area contributed by atoms with E-state index >= 15 is 0 Å². The Kier molecular flexibility index (Phi) is 6.33. The predicted molar refractivity (Wildman–Crippen MR) is 117 cm³/mol. The van der Waals surface area contributed by atoms with Gasteiger partial charge >= 0.3 is 6.03 Å². The van der Waals surface area contributed by atoms with Crippen LogP contribution in [0.3, 0.4) is 0 Å². The first-order chi connectivity index (χ1) is 13.4. The lowest BCUT2D eigenvalue weighted by Crippen LogP contribution is -2.19. The van der Waals surface area contributed by atoms with Crippen LogP contribution in [0.2, 0.25) is 0 Å². The Balaban J connectivity index is 1.66. The van der Waals surface area contributed by atoms with Crippen molar-refractivity contribution in [2.24, 2.45) is 0 Å². The van der Waals surface area contributed by atoms with Gasteiger partial charge in [-0.2, -0.15) is 0 Å². The highest BCUT2D eigenvalue weighted by molar-refractivity contribution is 7.98. The second kappa shape index (κ2) is 8.90. The number of carbonyl (C=O) groups excluding carboxylic acids is 2. The highest BCUT2D eigenvalue weighted by Gasteiger charge is 2.17. The van der Waals surface area contributed by atoms with E-state index in [4.69, 9.17) is 0 Å². The van der Waals surface area contributed by atoms with Gasteiger partial charge in [-0.05, 0) is 56.0 Å². The summed E-state index contributed by atoms with van der Waals surface area (Å²) in [4.78, 5) is 30.6. The third-order valence-electron chi connectivity index (χ3n) is 3.83. The maximum atomic E-state index is 12.6. The van der Waals surface area contributed by atoms with Gasteiger partial charge in [-0.3, -0.25) is 10.1 Å². The normalized spacial score (nSPS) is 10.4. The van der Waals surface area contributed by atoms with E-state index in [1.165, 1.54) is 0 Å². The molecular formula is C20H20N4O2S2. The Morgan fingerprint density at radius 1 is 0.964 bits per heavy atom. The average Bonchev–Trinajstić information content (AvgIpc) is 3.02. The summed E-state index contributed by atoms with van der Waals surface area (Å²) in [5, 5.41) is 8.68. The molecule has 1 heterocycles. The minimum absolute atomic E-state index is 0.250. The molecule has 3 aromatic rings. The van der Waals surface area contributed by atoms with E-state index in [0.29, 0.717) is 21.4 Å². The van der Waals surface area contributed by atoms with Crippen LogP contribution in [0.4, 0.5) is 21.3 Å². The maximum Gasteiger partial charge on any atom is 0.325 e. The van der Waals surface area contributed by atoms with Crippen LogP contribution in [0.15, 0.2) is 53.4 Å². The van der Waals surface area contributed by atoms with E-state index in [0.717, 1.165) is 27.5 Å². The van der Waals surface area contributed by atoms with E-state index in [1.54, 1.807) is 24.8 Å². The summed E-state index contributed by atoms with van der Waals surface area (Å²) in [7, 11) is 0. The van der Waals surface area contributed by atoms with Gasteiger partial charge in [-0.1, -0.05) is 29.5 Å². The highest BCUT2D eigenvalue weighted by Crippen LogP contribution is 2.25. The number of anilines is 3. The molecule has 0 aliphatic carbocycles. The molecule has 0 aliphatic rings. The minimum Gasteiger partial charge on any atom is -0.321 e. The van der Waals surface area contributed by atoms with Crippen molar-refractivity contribution in [1.82, 2.24) is 4.98 Å². The summed E-state index contributed by atoms with van der Waals surface area (Å²) in [6.45, 7) is 3.69. The summed E-state index contributed by atoms with van der Waals surface area (Å²) in [5.41, 5.74) is 3.02. The van der Waals surface area contributed by atoms with E-state index in [9.17, 15) is 9.59 Å². The van der Waals surface area contributed by atoms with Gasteiger partial charge in [0.25, 0.3) is 5.91 Å². The predicted octanol–water partition coefficient (Wildman–Crippen LogP) is 5.38. The largest absolute Gasteiger partial charge is 0.325 e. The summed E-state index contributed by atoms with van der Waals surface area (Å²) in [6.07, 6.45) is 1.98. The van der Waals surface area contributed by atoms with Crippen molar-refractivity contribution in [3.8, 4) is 0 Å². The fourth-order valence-electron chi connectivity index (χ4n) is 2.53. The molecule has 0 aliphatic heterocycles. The van der Waals surface area contributed by atoms with E-state index in [2.05, 4.69) is 20.9 Å². The first-order valence-corrected chi connectivity index (χ1v) is 10.6. The SMILES string of the molecule is CSc1cccc(NC(=O)c2sc(NC(=O)Nc3cccc(C)c3)nc2C)c1. The first kappa shape index (κ1) is 19.9. The zero-order chi connectivity index (χ0) is 20.1. The zero-order valence-electron chi connectivity index (χ0n) is 15.7. The van der Waals surface area contributed by atoms with Crippen LogP contribution < -0.4 is 16.0 Å². The van der Waals surface area contributed by atoms with Gasteiger partial charge in [-0.25, -0.2) is 9.78 Å². The van der Waals surface area contributed by atoms with Crippen molar-refractivity contribution in [2.75, 3.05) is 22.2 Å². The summed E-state index contributed by atoms with van der Waals surface area (Å²) < 4.78 is 0. The number of nitrogens with zero attached hydrogens (tertiary/aromatic N) is 1. The molecule has 3 rings (SSSR count). The number of carbonyl (C=O) groups is 2. The van der Waals surface area contributed by atoms with Crippen LogP contribution in [0.1, 0.15) is 20.9 Å². The Hall–Kier alpha value is -2.84. The van der Waals surface area contributed by atoms with Crippen LogP contribution in [-0.4, -0.2) is 23.2 Å². The number of nitrogens with one attached hydrogen (secondary N) is 3. The molecule has 28 heavy (non-hydrogen) atoms. The molecule has 0 atom stereocenters. The molecule has 3 amide bonds. The highest BCUT2D eigenvalue weighted by atomic mass is 32.2. The number of hydrogen-bond donors (Lipinski definition) is 3. The van der Waals surface area contributed by atoms with Crippen LogP contribution in [0.5, 0.6) is 0 Å². The molecule has 0 radical (unpaired) electrons. The molecular weight excluding hydrogens is 392 g/mol. The number of thiazole rings is 1. The third-order valence-corrected chi connectivity index (χ3v) is 5.62. The molecule has 0 saturated heterocycles. The molecule has 2 aromatic carbocycles. The smallest absolute Gasteiger partial charge is 0.321 e. The van der Waals surface area contributed by atoms with Crippen molar-refractivity contribution >= 4 is 51.5 Å². The Morgan fingerprint density at radius 2 is 1.68 bits per heavy atom. The fourth-order valence-corrected chi connectivity index (χ4v) is 3.85. The molecule has 0 fully saturated rings. The molecule has 0 saturated carbocycles. The van der Waals surface area contributed by atoms with Gasteiger partial charge in [0.05, 0.1) is 5.69 Å². The lowest BCUT2D eigenvalue weighted by atomic mass is 10.2. The number of aryl methyl sites for hydroxylation is 2. The summed E-state index contributed by atoms with van der Waals surface area (Å²) in [5.74, 6) is -0.250. The van der Waals surface area contributed by atoms with E-state index in [-0.39, 0.29) is 5.91 Å². The maximum absolute atomic E-state index is 12.6. The topological polar surface area (TPSA) is 83.1 Å². The summed E-state index contributed by atoms with van der Waals surface area (Å²) >= 11 is 2.74.